The van der Waals surface area contributed by atoms with Gasteiger partial charge in [0.25, 0.3) is 5.91 Å². The first kappa shape index (κ1) is 20.2. The number of carbonyl (C=O) groups is 1. The van der Waals surface area contributed by atoms with Crippen LogP contribution >= 0.6 is 28.1 Å². The Morgan fingerprint density at radius 3 is 2.43 bits per heavy atom. The minimum absolute atomic E-state index is 0.0387. The van der Waals surface area contributed by atoms with Crippen molar-refractivity contribution in [2.24, 2.45) is 0 Å². The maximum absolute atomic E-state index is 12.9. The first-order valence-electron chi connectivity index (χ1n) is 8.23. The highest BCUT2D eigenvalue weighted by atomic mass is 79.9. The smallest absolute Gasteiger partial charge is 0.387 e. The van der Waals surface area contributed by atoms with Crippen LogP contribution in [0.25, 0.3) is 0 Å². The maximum Gasteiger partial charge on any atom is 0.387 e. The highest BCUT2D eigenvalue weighted by Gasteiger charge is 2.30. The second kappa shape index (κ2) is 8.66. The summed E-state index contributed by atoms with van der Waals surface area (Å²) in [6.45, 7) is -1.14. The summed E-state index contributed by atoms with van der Waals surface area (Å²) in [6, 6.07) is 12.7. The van der Waals surface area contributed by atoms with Gasteiger partial charge in [0, 0.05) is 15.9 Å². The van der Waals surface area contributed by atoms with Crippen molar-refractivity contribution in [3.05, 3.63) is 69.8 Å². The summed E-state index contributed by atoms with van der Waals surface area (Å²) in [5.74, 6) is -0.267. The summed E-state index contributed by atoms with van der Waals surface area (Å²) < 4.78 is 30.0. The van der Waals surface area contributed by atoms with Gasteiger partial charge in [-0.2, -0.15) is 8.78 Å². The minimum Gasteiger partial charge on any atom is -0.435 e. The number of benzene rings is 2. The van der Waals surface area contributed by atoms with Gasteiger partial charge in [0.2, 0.25) is 0 Å². The van der Waals surface area contributed by atoms with E-state index in [1.54, 1.807) is 31.2 Å². The standard InChI is InChI=1S/C19H16BrF2N3O2S/c1-10-15(17(26)24-13-6-4-12(20)5-7-13)16(25-19(28)23-10)11-2-8-14(9-3-11)27-18(21)22/h2-9,16,18H,1H3,(H,24,26)(H2,23,25,28). The van der Waals surface area contributed by atoms with Gasteiger partial charge in [0.1, 0.15) is 5.75 Å². The molecule has 1 aliphatic heterocycles. The fourth-order valence-electron chi connectivity index (χ4n) is 2.82. The Balaban J connectivity index is 1.87. The molecule has 0 radical (unpaired) electrons. The molecule has 2 aromatic rings. The molecular weight excluding hydrogens is 452 g/mol. The largest absolute Gasteiger partial charge is 0.435 e. The van der Waals surface area contributed by atoms with Crippen molar-refractivity contribution in [2.75, 3.05) is 5.32 Å². The predicted octanol–water partition coefficient (Wildman–Crippen LogP) is 4.48. The molecule has 0 fully saturated rings. The zero-order valence-corrected chi connectivity index (χ0v) is 17.0. The van der Waals surface area contributed by atoms with Gasteiger partial charge >= 0.3 is 6.61 Å². The number of alkyl halides is 2. The predicted molar refractivity (Wildman–Crippen MR) is 110 cm³/mol. The second-order valence-corrected chi connectivity index (χ2v) is 7.30. The number of hydrogen-bond acceptors (Lipinski definition) is 3. The van der Waals surface area contributed by atoms with E-state index in [2.05, 4.69) is 36.6 Å². The van der Waals surface area contributed by atoms with Crippen LogP contribution in [0.2, 0.25) is 0 Å². The van der Waals surface area contributed by atoms with Gasteiger partial charge in [-0.3, -0.25) is 4.79 Å². The number of nitrogens with one attached hydrogen (secondary N) is 3. The van der Waals surface area contributed by atoms with Crippen LogP contribution in [0.3, 0.4) is 0 Å². The van der Waals surface area contributed by atoms with E-state index in [1.807, 2.05) is 12.1 Å². The van der Waals surface area contributed by atoms with E-state index < -0.39 is 12.7 Å². The Bertz CT molecular complexity index is 918. The third kappa shape index (κ3) is 4.85. The minimum atomic E-state index is -2.90. The molecule has 3 rings (SSSR count). The van der Waals surface area contributed by atoms with Crippen molar-refractivity contribution >= 4 is 44.9 Å². The molecule has 1 heterocycles. The summed E-state index contributed by atoms with van der Waals surface area (Å²) in [7, 11) is 0. The third-order valence-corrected chi connectivity index (χ3v) is 4.80. The molecule has 5 nitrogen and oxygen atoms in total. The number of hydrogen-bond donors (Lipinski definition) is 3. The molecule has 1 aliphatic rings. The van der Waals surface area contributed by atoms with Crippen LogP contribution in [0, 0.1) is 0 Å². The van der Waals surface area contributed by atoms with Crippen molar-refractivity contribution in [3.8, 4) is 5.75 Å². The van der Waals surface area contributed by atoms with Crippen LogP contribution in [0.5, 0.6) is 5.75 Å². The summed E-state index contributed by atoms with van der Waals surface area (Å²) in [6.07, 6.45) is 0. The highest BCUT2D eigenvalue weighted by Crippen LogP contribution is 2.29. The molecule has 1 amide bonds. The lowest BCUT2D eigenvalue weighted by atomic mass is 9.95. The summed E-state index contributed by atoms with van der Waals surface area (Å²) in [5.41, 5.74) is 2.38. The number of halogens is 3. The molecule has 1 atom stereocenters. The average Bonchev–Trinajstić information content (AvgIpc) is 2.63. The molecular formula is C19H16BrF2N3O2S. The average molecular weight is 468 g/mol. The van der Waals surface area contributed by atoms with Gasteiger partial charge in [-0.25, -0.2) is 0 Å². The number of ether oxygens (including phenoxy) is 1. The lowest BCUT2D eigenvalue weighted by molar-refractivity contribution is -0.113. The summed E-state index contributed by atoms with van der Waals surface area (Å²) in [4.78, 5) is 12.9. The van der Waals surface area contributed by atoms with Gasteiger partial charge < -0.3 is 20.7 Å². The van der Waals surface area contributed by atoms with Gasteiger partial charge in [0.15, 0.2) is 5.11 Å². The van der Waals surface area contributed by atoms with E-state index in [0.717, 1.165) is 4.47 Å². The monoisotopic (exact) mass is 467 g/mol. The second-order valence-electron chi connectivity index (χ2n) is 5.98. The van der Waals surface area contributed by atoms with Gasteiger partial charge in [-0.05, 0) is 61.1 Å². The van der Waals surface area contributed by atoms with E-state index in [9.17, 15) is 13.6 Å². The molecule has 2 aromatic carbocycles. The molecule has 0 saturated heterocycles. The lowest BCUT2D eigenvalue weighted by Gasteiger charge is -2.30. The van der Waals surface area contributed by atoms with E-state index in [0.29, 0.717) is 27.6 Å². The summed E-state index contributed by atoms with van der Waals surface area (Å²) >= 11 is 8.56. The first-order valence-corrected chi connectivity index (χ1v) is 9.43. The number of anilines is 1. The SMILES string of the molecule is CC1=C(C(=O)Nc2ccc(Br)cc2)C(c2ccc(OC(F)F)cc2)NC(=S)N1. The van der Waals surface area contributed by atoms with Crippen LogP contribution in [0.4, 0.5) is 14.5 Å². The Morgan fingerprint density at radius 2 is 1.82 bits per heavy atom. The van der Waals surface area contributed by atoms with Crippen LogP contribution in [-0.2, 0) is 4.79 Å². The molecule has 3 N–H and O–H groups in total. The van der Waals surface area contributed by atoms with E-state index in [1.165, 1.54) is 12.1 Å². The Kier molecular flexibility index (Phi) is 6.25. The molecule has 0 bridgehead atoms. The molecule has 0 spiro atoms. The van der Waals surface area contributed by atoms with Crippen LogP contribution in [0.15, 0.2) is 64.3 Å². The molecule has 0 saturated carbocycles. The fourth-order valence-corrected chi connectivity index (χ4v) is 3.35. The van der Waals surface area contributed by atoms with Gasteiger partial charge in [0.05, 0.1) is 11.6 Å². The molecule has 1 unspecified atom stereocenters. The zero-order chi connectivity index (χ0) is 20.3. The van der Waals surface area contributed by atoms with Crippen molar-refractivity contribution < 1.29 is 18.3 Å². The number of rotatable bonds is 5. The van der Waals surface area contributed by atoms with Crippen LogP contribution < -0.4 is 20.7 Å². The van der Waals surface area contributed by atoms with Crippen molar-refractivity contribution in [1.29, 1.82) is 0 Å². The van der Waals surface area contributed by atoms with Crippen LogP contribution in [-0.4, -0.2) is 17.6 Å². The Hall–Kier alpha value is -2.52. The Labute approximate surface area is 174 Å². The zero-order valence-electron chi connectivity index (χ0n) is 14.6. The number of allylic oxidation sites excluding steroid dienone is 1. The van der Waals surface area contributed by atoms with Crippen molar-refractivity contribution in [1.82, 2.24) is 10.6 Å². The van der Waals surface area contributed by atoms with Crippen molar-refractivity contribution in [3.63, 3.8) is 0 Å². The topological polar surface area (TPSA) is 62.4 Å². The lowest BCUT2D eigenvalue weighted by Crippen LogP contribution is -2.45. The first-order chi connectivity index (χ1) is 13.3. The van der Waals surface area contributed by atoms with Crippen LogP contribution in [0.1, 0.15) is 18.5 Å². The highest BCUT2D eigenvalue weighted by molar-refractivity contribution is 9.10. The number of amides is 1. The quantitative estimate of drug-likeness (QED) is 0.565. The normalized spacial score (nSPS) is 16.5. The molecule has 9 heteroatoms. The molecule has 28 heavy (non-hydrogen) atoms. The summed E-state index contributed by atoms with van der Waals surface area (Å²) in [5, 5.41) is 9.23. The molecule has 0 aromatic heterocycles. The number of carbonyl (C=O) groups excluding carboxylic acids is 1. The molecule has 146 valence electrons. The Morgan fingerprint density at radius 1 is 1.18 bits per heavy atom. The third-order valence-electron chi connectivity index (χ3n) is 4.05. The van der Waals surface area contributed by atoms with Gasteiger partial charge in [-0.15, -0.1) is 0 Å². The maximum atomic E-state index is 12.9. The van der Waals surface area contributed by atoms with E-state index >= 15 is 0 Å². The van der Waals surface area contributed by atoms with E-state index in [4.69, 9.17) is 12.2 Å². The van der Waals surface area contributed by atoms with E-state index in [-0.39, 0.29) is 11.7 Å². The van der Waals surface area contributed by atoms with Gasteiger partial charge in [-0.1, -0.05) is 28.1 Å². The molecule has 0 aliphatic carbocycles. The fraction of sp³-hybridized carbons (Fsp3) is 0.158. The van der Waals surface area contributed by atoms with Crippen molar-refractivity contribution in [2.45, 2.75) is 19.6 Å². The number of thiocarbonyl (C=S) groups is 1.